The number of imidazole rings is 1. The van der Waals surface area contributed by atoms with E-state index >= 15 is 0 Å². The molecule has 7 heteroatoms. The first kappa shape index (κ1) is 18.7. The standard InChI is InChI=1S/C21H23N3O3S/c1-4-27-21(26)18-15-6-5-12(2)9-16(15)28-20(18)23-19(25)14-7-8-24-11-13(3)22-17(24)10-14/h7-8,10-12H,4-6,9H2,1-3H3,(H,23,25). The van der Waals surface area contributed by atoms with E-state index in [1.807, 2.05) is 23.7 Å². The number of amides is 1. The van der Waals surface area contributed by atoms with Crippen LogP contribution in [-0.2, 0) is 17.6 Å². The number of aromatic nitrogens is 2. The van der Waals surface area contributed by atoms with Crippen LogP contribution in [0, 0.1) is 12.8 Å². The SMILES string of the molecule is CCOC(=O)c1c(NC(=O)c2ccn3cc(C)nc3c2)sc2c1CCC(C)C2. The van der Waals surface area contributed by atoms with Crippen LogP contribution >= 0.6 is 11.3 Å². The zero-order valence-corrected chi connectivity index (χ0v) is 17.1. The average Bonchev–Trinajstić information content (AvgIpc) is 3.19. The van der Waals surface area contributed by atoms with Gasteiger partial charge in [-0.2, -0.15) is 0 Å². The molecule has 3 aromatic rings. The number of nitrogens with zero attached hydrogens (tertiary/aromatic N) is 2. The van der Waals surface area contributed by atoms with Crippen molar-refractivity contribution in [2.75, 3.05) is 11.9 Å². The van der Waals surface area contributed by atoms with Crippen molar-refractivity contribution >= 4 is 33.9 Å². The van der Waals surface area contributed by atoms with Gasteiger partial charge in [0.05, 0.1) is 17.9 Å². The van der Waals surface area contributed by atoms with E-state index in [1.54, 1.807) is 19.1 Å². The van der Waals surface area contributed by atoms with Gasteiger partial charge in [-0.1, -0.05) is 6.92 Å². The largest absolute Gasteiger partial charge is 0.462 e. The maximum Gasteiger partial charge on any atom is 0.341 e. The molecular weight excluding hydrogens is 374 g/mol. The van der Waals surface area contributed by atoms with Crippen molar-refractivity contribution < 1.29 is 14.3 Å². The van der Waals surface area contributed by atoms with Gasteiger partial charge in [-0.15, -0.1) is 11.3 Å². The highest BCUT2D eigenvalue weighted by molar-refractivity contribution is 7.17. The van der Waals surface area contributed by atoms with E-state index in [0.29, 0.717) is 28.7 Å². The molecule has 1 aliphatic rings. The van der Waals surface area contributed by atoms with Crippen LogP contribution < -0.4 is 5.32 Å². The number of nitrogens with one attached hydrogen (secondary N) is 1. The molecule has 1 N–H and O–H groups in total. The van der Waals surface area contributed by atoms with Gasteiger partial charge in [0.25, 0.3) is 5.91 Å². The highest BCUT2D eigenvalue weighted by atomic mass is 32.1. The summed E-state index contributed by atoms with van der Waals surface area (Å²) in [5.74, 6) is -0.0274. The van der Waals surface area contributed by atoms with Gasteiger partial charge >= 0.3 is 5.97 Å². The van der Waals surface area contributed by atoms with E-state index < -0.39 is 0 Å². The molecule has 0 aromatic carbocycles. The fourth-order valence-electron chi connectivity index (χ4n) is 3.68. The number of ether oxygens (including phenoxy) is 1. The van der Waals surface area contributed by atoms with Crippen molar-refractivity contribution in [3.63, 3.8) is 0 Å². The fraction of sp³-hybridized carbons (Fsp3) is 0.381. The summed E-state index contributed by atoms with van der Waals surface area (Å²) in [7, 11) is 0. The monoisotopic (exact) mass is 397 g/mol. The Hall–Kier alpha value is -2.67. The lowest BCUT2D eigenvalue weighted by molar-refractivity contribution is 0.0526. The van der Waals surface area contributed by atoms with Crippen molar-refractivity contribution in [3.8, 4) is 0 Å². The summed E-state index contributed by atoms with van der Waals surface area (Å²) in [6.45, 7) is 6.23. The Bertz CT molecular complexity index is 1070. The summed E-state index contributed by atoms with van der Waals surface area (Å²) in [5.41, 5.74) is 3.68. The number of rotatable bonds is 4. The number of aryl methyl sites for hydroxylation is 1. The van der Waals surface area contributed by atoms with Gasteiger partial charge in [-0.3, -0.25) is 4.79 Å². The smallest absolute Gasteiger partial charge is 0.341 e. The Labute approximate surface area is 167 Å². The predicted octanol–water partition coefficient (Wildman–Crippen LogP) is 4.26. The molecule has 0 saturated heterocycles. The number of anilines is 1. The van der Waals surface area contributed by atoms with Gasteiger partial charge in [0.1, 0.15) is 10.6 Å². The van der Waals surface area contributed by atoms with E-state index in [9.17, 15) is 9.59 Å². The number of carbonyl (C=O) groups is 2. The first-order valence-corrected chi connectivity index (χ1v) is 10.4. The summed E-state index contributed by atoms with van der Waals surface area (Å²) in [6.07, 6.45) is 6.54. The van der Waals surface area contributed by atoms with Crippen molar-refractivity contribution in [3.05, 3.63) is 51.8 Å². The average molecular weight is 398 g/mol. The normalized spacial score (nSPS) is 16.0. The molecule has 0 fully saturated rings. The fourth-order valence-corrected chi connectivity index (χ4v) is 5.08. The van der Waals surface area contributed by atoms with E-state index in [2.05, 4.69) is 17.2 Å². The Morgan fingerprint density at radius 2 is 2.25 bits per heavy atom. The summed E-state index contributed by atoms with van der Waals surface area (Å²) in [6, 6.07) is 3.51. The Morgan fingerprint density at radius 3 is 3.04 bits per heavy atom. The van der Waals surface area contributed by atoms with Crippen LogP contribution in [-0.4, -0.2) is 27.9 Å². The molecule has 3 heterocycles. The highest BCUT2D eigenvalue weighted by Crippen LogP contribution is 2.40. The maximum absolute atomic E-state index is 12.9. The lowest BCUT2D eigenvalue weighted by atomic mass is 9.88. The van der Waals surface area contributed by atoms with Crippen molar-refractivity contribution in [2.24, 2.45) is 5.92 Å². The number of esters is 1. The topological polar surface area (TPSA) is 72.7 Å². The first-order valence-electron chi connectivity index (χ1n) is 9.54. The van der Waals surface area contributed by atoms with Crippen LogP contribution in [0.2, 0.25) is 0 Å². The van der Waals surface area contributed by atoms with Gasteiger partial charge in [-0.05, 0) is 56.7 Å². The molecule has 1 amide bonds. The van der Waals surface area contributed by atoms with Crippen molar-refractivity contribution in [2.45, 2.75) is 40.0 Å². The molecule has 6 nitrogen and oxygen atoms in total. The molecule has 0 aliphatic heterocycles. The third-order valence-electron chi connectivity index (χ3n) is 5.06. The molecule has 0 bridgehead atoms. The molecule has 0 spiro atoms. The number of pyridine rings is 1. The molecule has 28 heavy (non-hydrogen) atoms. The lowest BCUT2D eigenvalue weighted by Crippen LogP contribution is -2.16. The minimum atomic E-state index is -0.357. The molecule has 4 rings (SSSR count). The minimum absolute atomic E-state index is 0.250. The number of hydrogen-bond donors (Lipinski definition) is 1. The van der Waals surface area contributed by atoms with Crippen LogP contribution in [0.25, 0.3) is 5.65 Å². The van der Waals surface area contributed by atoms with E-state index in [1.165, 1.54) is 16.2 Å². The third-order valence-corrected chi connectivity index (χ3v) is 6.23. The third kappa shape index (κ3) is 3.42. The summed E-state index contributed by atoms with van der Waals surface area (Å²) >= 11 is 1.50. The van der Waals surface area contributed by atoms with Gasteiger partial charge in [-0.25, -0.2) is 9.78 Å². The second-order valence-electron chi connectivity index (χ2n) is 7.29. The Balaban J connectivity index is 1.67. The van der Waals surface area contributed by atoms with Crippen LogP contribution in [0.5, 0.6) is 0 Å². The summed E-state index contributed by atoms with van der Waals surface area (Å²) in [5, 5.41) is 3.54. The van der Waals surface area contributed by atoms with Gasteiger partial charge in [0.2, 0.25) is 0 Å². The Morgan fingerprint density at radius 1 is 1.43 bits per heavy atom. The molecule has 1 atom stereocenters. The second kappa shape index (κ2) is 7.39. The maximum atomic E-state index is 12.9. The zero-order chi connectivity index (χ0) is 19.8. The van der Waals surface area contributed by atoms with Crippen molar-refractivity contribution in [1.29, 1.82) is 0 Å². The number of hydrogen-bond acceptors (Lipinski definition) is 5. The van der Waals surface area contributed by atoms with Gasteiger partial charge < -0.3 is 14.5 Å². The van der Waals surface area contributed by atoms with Crippen LogP contribution in [0.4, 0.5) is 5.00 Å². The lowest BCUT2D eigenvalue weighted by Gasteiger charge is -2.18. The van der Waals surface area contributed by atoms with Crippen LogP contribution in [0.15, 0.2) is 24.5 Å². The highest BCUT2D eigenvalue weighted by Gasteiger charge is 2.29. The number of fused-ring (bicyclic) bond motifs is 2. The second-order valence-corrected chi connectivity index (χ2v) is 8.40. The minimum Gasteiger partial charge on any atom is -0.462 e. The van der Waals surface area contributed by atoms with Gasteiger partial charge in [0.15, 0.2) is 0 Å². The molecule has 1 aliphatic carbocycles. The van der Waals surface area contributed by atoms with Crippen molar-refractivity contribution in [1.82, 2.24) is 9.38 Å². The quantitative estimate of drug-likeness (QED) is 0.668. The Kier molecular flexibility index (Phi) is 4.93. The van der Waals surface area contributed by atoms with Gasteiger partial charge in [0, 0.05) is 22.8 Å². The predicted molar refractivity (Wildman–Crippen MR) is 109 cm³/mol. The van der Waals surface area contributed by atoms with E-state index in [4.69, 9.17) is 4.74 Å². The molecule has 0 saturated carbocycles. The van der Waals surface area contributed by atoms with E-state index in [0.717, 1.165) is 36.2 Å². The van der Waals surface area contributed by atoms with Crippen LogP contribution in [0.1, 0.15) is 57.1 Å². The van der Waals surface area contributed by atoms with E-state index in [-0.39, 0.29) is 11.9 Å². The van der Waals surface area contributed by atoms with Crippen LogP contribution in [0.3, 0.4) is 0 Å². The molecule has 3 aromatic heterocycles. The summed E-state index contributed by atoms with van der Waals surface area (Å²) in [4.78, 5) is 31.1. The number of carbonyl (C=O) groups excluding carboxylic acids is 2. The zero-order valence-electron chi connectivity index (χ0n) is 16.2. The first-order chi connectivity index (χ1) is 13.5. The molecule has 146 valence electrons. The molecule has 0 radical (unpaired) electrons. The molecule has 1 unspecified atom stereocenters. The molecular formula is C21H23N3O3S. The number of thiophene rings is 1. The summed E-state index contributed by atoms with van der Waals surface area (Å²) < 4.78 is 7.15.